The van der Waals surface area contributed by atoms with Crippen molar-refractivity contribution in [3.63, 3.8) is 0 Å². The van der Waals surface area contributed by atoms with Crippen molar-refractivity contribution in [2.75, 3.05) is 37.5 Å². The number of benzene rings is 1. The third kappa shape index (κ3) is 4.98. The van der Waals surface area contributed by atoms with Crippen LogP contribution in [-0.4, -0.2) is 50.3 Å². The predicted molar refractivity (Wildman–Crippen MR) is 94.8 cm³/mol. The number of piperidine rings is 1. The summed E-state index contributed by atoms with van der Waals surface area (Å²) in [7, 11) is 2.43. The summed E-state index contributed by atoms with van der Waals surface area (Å²) in [6, 6.07) is 7.15. The molecule has 1 aromatic carbocycles. The van der Waals surface area contributed by atoms with Crippen LogP contribution in [0.5, 0.6) is 0 Å². The van der Waals surface area contributed by atoms with E-state index in [9.17, 15) is 19.5 Å². The molecule has 2 rings (SSSR count). The van der Waals surface area contributed by atoms with Gasteiger partial charge in [0.25, 0.3) is 0 Å². The number of nitrogens with zero attached hydrogens (tertiary/aromatic N) is 1. The quantitative estimate of drug-likeness (QED) is 0.581. The number of aliphatic carboxylic acids is 1. The van der Waals surface area contributed by atoms with Crippen LogP contribution < -0.4 is 10.2 Å². The third-order valence-corrected chi connectivity index (χ3v) is 4.15. The second-order valence-electron chi connectivity index (χ2n) is 5.87. The summed E-state index contributed by atoms with van der Waals surface area (Å²) in [6.45, 7) is 1.27. The number of carboxylic acid groups (broad SMARTS) is 1. The van der Waals surface area contributed by atoms with Gasteiger partial charge in [0.1, 0.15) is 5.70 Å². The number of anilines is 2. The number of hydrogen-bond acceptors (Lipinski definition) is 7. The van der Waals surface area contributed by atoms with Crippen LogP contribution in [-0.2, 0) is 23.9 Å². The van der Waals surface area contributed by atoms with Gasteiger partial charge in [-0.15, -0.1) is 0 Å². The van der Waals surface area contributed by atoms with Crippen molar-refractivity contribution in [2.45, 2.75) is 12.8 Å². The van der Waals surface area contributed by atoms with Crippen molar-refractivity contribution in [3.05, 3.63) is 36.0 Å². The Morgan fingerprint density at radius 2 is 1.88 bits per heavy atom. The lowest BCUT2D eigenvalue weighted by molar-refractivity contribution is -0.142. The molecular formula is C18H22N2O6. The van der Waals surface area contributed by atoms with E-state index >= 15 is 0 Å². The summed E-state index contributed by atoms with van der Waals surface area (Å²) in [4.78, 5) is 36.3. The zero-order valence-corrected chi connectivity index (χ0v) is 14.7. The first-order valence-corrected chi connectivity index (χ1v) is 8.17. The zero-order chi connectivity index (χ0) is 19.1. The molecule has 1 heterocycles. The molecule has 1 aliphatic heterocycles. The Kier molecular flexibility index (Phi) is 6.60. The maximum Gasteiger partial charge on any atom is 0.354 e. The van der Waals surface area contributed by atoms with E-state index in [1.165, 1.54) is 14.2 Å². The van der Waals surface area contributed by atoms with Gasteiger partial charge in [0.15, 0.2) is 0 Å². The highest BCUT2D eigenvalue weighted by atomic mass is 16.5. The highest BCUT2D eigenvalue weighted by Crippen LogP contribution is 2.25. The van der Waals surface area contributed by atoms with Crippen LogP contribution in [0.4, 0.5) is 11.4 Å². The molecule has 0 spiro atoms. The highest BCUT2D eigenvalue weighted by Gasteiger charge is 2.25. The lowest BCUT2D eigenvalue weighted by atomic mass is 9.98. The van der Waals surface area contributed by atoms with Crippen LogP contribution in [0.25, 0.3) is 0 Å². The van der Waals surface area contributed by atoms with E-state index < -0.39 is 17.9 Å². The van der Waals surface area contributed by atoms with Crippen LogP contribution in [0.3, 0.4) is 0 Å². The van der Waals surface area contributed by atoms with Crippen LogP contribution in [0.2, 0.25) is 0 Å². The lowest BCUT2D eigenvalue weighted by Crippen LogP contribution is -2.38. The van der Waals surface area contributed by atoms with Crippen molar-refractivity contribution >= 4 is 29.3 Å². The standard InChI is InChI=1S/C18H22N2O6/c1-25-16(21)10-15(18(24)26-2)19-13-5-7-14(8-6-13)20-9-3-4-12(11-20)17(22)23/h5-8,10,12,19H,3-4,9,11H2,1-2H3,(H,22,23)/b15-10+. The largest absolute Gasteiger partial charge is 0.481 e. The summed E-state index contributed by atoms with van der Waals surface area (Å²) in [5.74, 6) is -2.51. The number of carbonyl (C=O) groups excluding carboxylic acids is 2. The monoisotopic (exact) mass is 362 g/mol. The number of hydrogen-bond donors (Lipinski definition) is 2. The summed E-state index contributed by atoms with van der Waals surface area (Å²) in [5.41, 5.74) is 1.44. The first-order chi connectivity index (χ1) is 12.4. The van der Waals surface area contributed by atoms with E-state index in [2.05, 4.69) is 14.8 Å². The average Bonchev–Trinajstić information content (AvgIpc) is 2.67. The molecule has 0 radical (unpaired) electrons. The van der Waals surface area contributed by atoms with Gasteiger partial charge >= 0.3 is 17.9 Å². The molecule has 140 valence electrons. The Labute approximate surface area is 151 Å². The fourth-order valence-electron chi connectivity index (χ4n) is 2.76. The Hall–Kier alpha value is -3.03. The molecule has 8 heteroatoms. The molecule has 0 bridgehead atoms. The minimum Gasteiger partial charge on any atom is -0.481 e. The normalized spacial score (nSPS) is 17.4. The molecule has 0 amide bonds. The molecule has 1 atom stereocenters. The number of nitrogens with one attached hydrogen (secondary N) is 1. The van der Waals surface area contributed by atoms with E-state index in [1.54, 1.807) is 12.1 Å². The van der Waals surface area contributed by atoms with Gasteiger partial charge in [0.2, 0.25) is 0 Å². The molecule has 1 saturated heterocycles. The van der Waals surface area contributed by atoms with Gasteiger partial charge in [0, 0.05) is 24.5 Å². The zero-order valence-electron chi connectivity index (χ0n) is 14.7. The van der Waals surface area contributed by atoms with Crippen LogP contribution in [0.1, 0.15) is 12.8 Å². The molecule has 26 heavy (non-hydrogen) atoms. The lowest BCUT2D eigenvalue weighted by Gasteiger charge is -2.32. The second-order valence-corrected chi connectivity index (χ2v) is 5.87. The van der Waals surface area contributed by atoms with E-state index in [-0.39, 0.29) is 11.6 Å². The van der Waals surface area contributed by atoms with Gasteiger partial charge in [-0.3, -0.25) is 4.79 Å². The molecule has 8 nitrogen and oxygen atoms in total. The SMILES string of the molecule is COC(=O)/C=C(/Nc1ccc(N2CCCC(C(=O)O)C2)cc1)C(=O)OC. The van der Waals surface area contributed by atoms with Crippen molar-refractivity contribution in [1.82, 2.24) is 0 Å². The van der Waals surface area contributed by atoms with Crippen molar-refractivity contribution in [2.24, 2.45) is 5.92 Å². The highest BCUT2D eigenvalue weighted by molar-refractivity contribution is 5.98. The smallest absolute Gasteiger partial charge is 0.354 e. The molecular weight excluding hydrogens is 340 g/mol. The molecule has 1 aliphatic rings. The first kappa shape index (κ1) is 19.3. The maximum absolute atomic E-state index is 11.8. The van der Waals surface area contributed by atoms with Gasteiger partial charge in [0.05, 0.1) is 26.2 Å². The van der Waals surface area contributed by atoms with E-state index in [0.29, 0.717) is 18.7 Å². The second kappa shape index (κ2) is 8.89. The Morgan fingerprint density at radius 3 is 2.46 bits per heavy atom. The Balaban J connectivity index is 2.10. The third-order valence-electron chi connectivity index (χ3n) is 4.15. The van der Waals surface area contributed by atoms with Crippen LogP contribution in [0, 0.1) is 5.92 Å². The van der Waals surface area contributed by atoms with Gasteiger partial charge < -0.3 is 24.8 Å². The fraction of sp³-hybridized carbons (Fsp3) is 0.389. The number of esters is 2. The summed E-state index contributed by atoms with van der Waals surface area (Å²) in [5, 5.41) is 12.0. The summed E-state index contributed by atoms with van der Waals surface area (Å²) < 4.78 is 9.16. The average molecular weight is 362 g/mol. The molecule has 2 N–H and O–H groups in total. The van der Waals surface area contributed by atoms with E-state index in [4.69, 9.17) is 0 Å². The van der Waals surface area contributed by atoms with E-state index in [0.717, 1.165) is 24.7 Å². The Morgan fingerprint density at radius 1 is 1.19 bits per heavy atom. The summed E-state index contributed by atoms with van der Waals surface area (Å²) >= 11 is 0. The summed E-state index contributed by atoms with van der Waals surface area (Å²) in [6.07, 6.45) is 2.53. The molecule has 1 unspecified atom stereocenters. The molecule has 0 aromatic heterocycles. The van der Waals surface area contributed by atoms with Gasteiger partial charge in [-0.05, 0) is 37.1 Å². The van der Waals surface area contributed by atoms with Gasteiger partial charge in [-0.2, -0.15) is 0 Å². The number of carboxylic acids is 1. The predicted octanol–water partition coefficient (Wildman–Crippen LogP) is 1.63. The van der Waals surface area contributed by atoms with Crippen LogP contribution >= 0.6 is 0 Å². The molecule has 1 aromatic rings. The fourth-order valence-corrected chi connectivity index (χ4v) is 2.76. The van der Waals surface area contributed by atoms with Crippen molar-refractivity contribution < 1.29 is 29.0 Å². The topological polar surface area (TPSA) is 105 Å². The molecule has 0 aliphatic carbocycles. The van der Waals surface area contributed by atoms with E-state index in [1.807, 2.05) is 17.0 Å². The minimum atomic E-state index is -0.774. The van der Waals surface area contributed by atoms with Gasteiger partial charge in [-0.25, -0.2) is 9.59 Å². The van der Waals surface area contributed by atoms with Crippen molar-refractivity contribution in [1.29, 1.82) is 0 Å². The molecule has 0 saturated carbocycles. The first-order valence-electron chi connectivity index (χ1n) is 8.17. The minimum absolute atomic E-state index is 0.0454. The number of methoxy groups -OCH3 is 2. The maximum atomic E-state index is 11.8. The number of carbonyl (C=O) groups is 3. The number of rotatable bonds is 6. The molecule has 1 fully saturated rings. The van der Waals surface area contributed by atoms with Crippen LogP contribution in [0.15, 0.2) is 36.0 Å². The van der Waals surface area contributed by atoms with Crippen molar-refractivity contribution in [3.8, 4) is 0 Å². The Bertz CT molecular complexity index is 698. The number of ether oxygens (including phenoxy) is 2. The van der Waals surface area contributed by atoms with Gasteiger partial charge in [-0.1, -0.05) is 0 Å².